The third-order valence-electron chi connectivity index (χ3n) is 13.7. The van der Waals surface area contributed by atoms with Crippen LogP contribution in [0.25, 0.3) is 0 Å². The highest BCUT2D eigenvalue weighted by molar-refractivity contribution is 5.93. The van der Waals surface area contributed by atoms with E-state index in [-0.39, 0.29) is 47.9 Å². The summed E-state index contributed by atoms with van der Waals surface area (Å²) in [7, 11) is 1.51. The Kier molecular flexibility index (Phi) is 14.0. The average molecular weight is 819 g/mol. The largest absolute Gasteiger partial charge is 0.507 e. The van der Waals surface area contributed by atoms with Crippen LogP contribution in [0.4, 0.5) is 0 Å². The van der Waals surface area contributed by atoms with Gasteiger partial charge in [0.2, 0.25) is 5.79 Å². The molecule has 0 aromatic heterocycles. The van der Waals surface area contributed by atoms with Gasteiger partial charge in [0, 0.05) is 37.2 Å². The summed E-state index contributed by atoms with van der Waals surface area (Å²) in [5, 5.41) is 54.7. The minimum Gasteiger partial charge on any atom is -0.507 e. The molecule has 0 saturated carbocycles. The van der Waals surface area contributed by atoms with Gasteiger partial charge in [-0.05, 0) is 74.1 Å². The van der Waals surface area contributed by atoms with Crippen molar-refractivity contribution in [2.24, 2.45) is 35.5 Å². The maximum Gasteiger partial charge on any atom is 0.339 e. The molecule has 5 rings (SSSR count). The summed E-state index contributed by atoms with van der Waals surface area (Å²) >= 11 is 0. The van der Waals surface area contributed by atoms with E-state index >= 15 is 0 Å². The molecule has 0 radical (unpaired) electrons. The predicted octanol–water partition coefficient (Wildman–Crippen LogP) is 4.91. The topological polar surface area (TPSA) is 208 Å². The van der Waals surface area contributed by atoms with Crippen molar-refractivity contribution in [3.05, 3.63) is 41.0 Å². The molecule has 14 heteroatoms. The van der Waals surface area contributed by atoms with Gasteiger partial charge in [-0.2, -0.15) is 0 Å². The van der Waals surface area contributed by atoms with Crippen molar-refractivity contribution < 1.29 is 68.3 Å². The number of methoxy groups -OCH3 is 1. The predicted molar refractivity (Wildman–Crippen MR) is 211 cm³/mol. The maximum absolute atomic E-state index is 14.3. The lowest BCUT2D eigenvalue weighted by molar-refractivity contribution is -0.414. The van der Waals surface area contributed by atoms with Crippen LogP contribution in [0.15, 0.2) is 24.3 Å². The van der Waals surface area contributed by atoms with Gasteiger partial charge in [-0.3, -0.25) is 4.79 Å². The van der Waals surface area contributed by atoms with Crippen LogP contribution in [0.3, 0.4) is 0 Å². The van der Waals surface area contributed by atoms with Gasteiger partial charge < -0.3 is 54.0 Å². The summed E-state index contributed by atoms with van der Waals surface area (Å²) < 4.78 is 37.8. The zero-order chi connectivity index (χ0) is 43.2. The van der Waals surface area contributed by atoms with Crippen LogP contribution in [0.2, 0.25) is 0 Å². The fourth-order valence-electron chi connectivity index (χ4n) is 10.4. The summed E-state index contributed by atoms with van der Waals surface area (Å²) in [4.78, 5) is 39.0. The number of carboxylic acid groups (broad SMARTS) is 1. The fraction of sp³-hybridized carbons (Fsp3) is 0.750. The van der Waals surface area contributed by atoms with Gasteiger partial charge in [0.15, 0.2) is 11.9 Å². The SMILES string of the molecule is CCOC(=O)[C@H]1O[C@@H]([C@@]2(C)O[C@@]3(O[C@]4(C=C[C@H]3O)O[C@H]([C@@H](C)C(=O)[C@@H](C)[C@@H](O)[C@H](C)C[C@H](C)c3ccc(CC)c(O)c3C(=O)O)[C@@H](C)C[C@H]4C)[C@H](C)[C@H]2OC)C[C@H]1O. The number of rotatable bonds is 14. The summed E-state index contributed by atoms with van der Waals surface area (Å²) in [6.07, 6.45) is -2.14. The number of carbonyl (C=O) groups is 3. The number of hydrogen-bond acceptors (Lipinski definition) is 13. The Hall–Kier alpha value is -2.95. The van der Waals surface area contributed by atoms with Crippen LogP contribution in [0.5, 0.6) is 5.75 Å². The second-order valence-electron chi connectivity index (χ2n) is 17.7. The first-order valence-electron chi connectivity index (χ1n) is 20.9. The van der Waals surface area contributed by atoms with Crippen molar-refractivity contribution in [1.82, 2.24) is 0 Å². The molecule has 0 aliphatic carbocycles. The molecule has 3 fully saturated rings. The quantitative estimate of drug-likeness (QED) is 0.125. The minimum absolute atomic E-state index is 0.0480. The molecule has 5 N–H and O–H groups in total. The molecule has 4 aliphatic rings. The second-order valence-corrected chi connectivity index (χ2v) is 17.7. The number of ketones is 1. The Bertz CT molecular complexity index is 1700. The highest BCUT2D eigenvalue weighted by Crippen LogP contribution is 2.56. The molecule has 0 amide bonds. The number of benzene rings is 1. The van der Waals surface area contributed by atoms with Gasteiger partial charge in [0.25, 0.3) is 0 Å². The number of esters is 1. The van der Waals surface area contributed by atoms with Crippen LogP contribution in [0, 0.1) is 35.5 Å². The smallest absolute Gasteiger partial charge is 0.339 e. The van der Waals surface area contributed by atoms with E-state index in [0.29, 0.717) is 30.4 Å². The van der Waals surface area contributed by atoms with E-state index in [4.69, 9.17) is 28.4 Å². The lowest BCUT2D eigenvalue weighted by Crippen LogP contribution is -2.64. The first-order chi connectivity index (χ1) is 27.1. The van der Waals surface area contributed by atoms with E-state index in [2.05, 4.69) is 0 Å². The Labute approximate surface area is 342 Å². The number of carboxylic acids is 1. The molecule has 0 bridgehead atoms. The number of Topliss-reactive ketones (excluding diaryl/α,β-unsaturated/α-hetero) is 1. The zero-order valence-corrected chi connectivity index (χ0v) is 35.8. The maximum atomic E-state index is 14.3. The number of aromatic hydroxyl groups is 1. The number of carbonyl (C=O) groups excluding carboxylic acids is 2. The second kappa shape index (κ2) is 17.6. The van der Waals surface area contributed by atoms with Gasteiger partial charge in [-0.1, -0.05) is 67.5 Å². The van der Waals surface area contributed by atoms with Gasteiger partial charge in [0.05, 0.1) is 37.1 Å². The third kappa shape index (κ3) is 8.00. The highest BCUT2D eigenvalue weighted by atomic mass is 16.8. The fourth-order valence-corrected chi connectivity index (χ4v) is 10.4. The number of ether oxygens (including phenoxy) is 6. The third-order valence-corrected chi connectivity index (χ3v) is 13.7. The Morgan fingerprint density at radius 1 is 1.02 bits per heavy atom. The highest BCUT2D eigenvalue weighted by Gasteiger charge is 2.70. The van der Waals surface area contributed by atoms with Crippen molar-refractivity contribution >= 4 is 17.7 Å². The van der Waals surface area contributed by atoms with E-state index in [0.717, 1.165) is 0 Å². The van der Waals surface area contributed by atoms with Crippen LogP contribution >= 0.6 is 0 Å². The first-order valence-corrected chi connectivity index (χ1v) is 20.9. The van der Waals surface area contributed by atoms with Crippen LogP contribution in [0.1, 0.15) is 116 Å². The van der Waals surface area contributed by atoms with Gasteiger partial charge >= 0.3 is 11.9 Å². The Morgan fingerprint density at radius 2 is 1.69 bits per heavy atom. The molecule has 4 heterocycles. The van der Waals surface area contributed by atoms with E-state index in [1.54, 1.807) is 52.0 Å². The Morgan fingerprint density at radius 3 is 2.29 bits per heavy atom. The molecule has 2 spiro atoms. The molecular weight excluding hydrogens is 752 g/mol. The van der Waals surface area contributed by atoms with E-state index in [1.165, 1.54) is 7.11 Å². The van der Waals surface area contributed by atoms with E-state index < -0.39 is 95.5 Å². The van der Waals surface area contributed by atoms with Crippen molar-refractivity contribution in [1.29, 1.82) is 0 Å². The summed E-state index contributed by atoms with van der Waals surface area (Å²) in [6.45, 7) is 18.3. The number of phenols is 1. The van der Waals surface area contributed by atoms with Crippen LogP contribution in [-0.2, 0) is 44.4 Å². The summed E-state index contributed by atoms with van der Waals surface area (Å²) in [5.74, 6) is -8.68. The number of aliphatic hydroxyl groups excluding tert-OH is 3. The van der Waals surface area contributed by atoms with Crippen molar-refractivity contribution in [2.75, 3.05) is 13.7 Å². The number of aromatic carboxylic acids is 1. The van der Waals surface area contributed by atoms with E-state index in [9.17, 15) is 39.9 Å². The molecule has 1 aromatic carbocycles. The lowest BCUT2D eigenvalue weighted by atomic mass is 9.74. The molecule has 0 unspecified atom stereocenters. The number of aliphatic hydroxyl groups is 3. The molecule has 326 valence electrons. The molecule has 1 aromatic rings. The molecule has 58 heavy (non-hydrogen) atoms. The number of hydrogen-bond donors (Lipinski definition) is 5. The zero-order valence-electron chi connectivity index (χ0n) is 35.8. The Balaban J connectivity index is 1.34. The van der Waals surface area contributed by atoms with Crippen LogP contribution in [-0.4, -0.2) is 117 Å². The van der Waals surface area contributed by atoms with Gasteiger partial charge in [-0.25, -0.2) is 9.59 Å². The standard InChI is InChI=1S/C44H66O14/c1-12-28-14-15-29(33(36(28)49)40(50)51)21(3)18-22(4)34(47)25(7)35(48)26(8)37-23(5)19-24(6)43(56-37)17-16-31(46)44(58-43)27(9)39(53-11)42(10,57-44)32-20-30(45)38(55-32)41(52)54-13-2/h14-17,21-27,30-32,34,37-39,45-47,49H,12-13,18-20H2,1-11H3,(H,50,51)/t21-,22+,23-,24+,25-,26-,27+,30+,31+,32+,34-,37-,38-,39+,42+,43-,44+/m0/s1. The minimum atomic E-state index is -1.71. The van der Waals surface area contributed by atoms with Crippen LogP contribution < -0.4 is 0 Å². The van der Waals surface area contributed by atoms with Gasteiger partial charge in [-0.15, -0.1) is 0 Å². The normalized spacial score (nSPS) is 38.7. The first kappa shape index (κ1) is 46.1. The summed E-state index contributed by atoms with van der Waals surface area (Å²) in [5.41, 5.74) is -0.434. The van der Waals surface area contributed by atoms with Crippen molar-refractivity contribution in [3.63, 3.8) is 0 Å². The van der Waals surface area contributed by atoms with E-state index in [1.807, 2.05) is 41.5 Å². The molecule has 14 nitrogen and oxygen atoms in total. The molecule has 17 atom stereocenters. The van der Waals surface area contributed by atoms with Crippen molar-refractivity contribution in [3.8, 4) is 5.75 Å². The molecule has 3 saturated heterocycles. The number of aryl methyl sites for hydroxylation is 1. The monoisotopic (exact) mass is 818 g/mol. The lowest BCUT2D eigenvalue weighted by Gasteiger charge is -2.54. The average Bonchev–Trinajstić information content (AvgIpc) is 3.67. The molecule has 4 aliphatic heterocycles. The molecular formula is C44H66O14. The van der Waals surface area contributed by atoms with Crippen molar-refractivity contribution in [2.45, 2.75) is 161 Å². The summed E-state index contributed by atoms with van der Waals surface area (Å²) in [6, 6.07) is 3.44. The van der Waals surface area contributed by atoms with Gasteiger partial charge in [0.1, 0.15) is 28.8 Å².